The molecule has 0 spiro atoms. The molecule has 0 aliphatic heterocycles. The SMILES string of the molecule is N#CC1(S(=O)(=O)CC2CCC(=O)CC2)C=CC(c2ccccc2Cl)=CC1. The van der Waals surface area contributed by atoms with Gasteiger partial charge in [0, 0.05) is 24.3 Å². The average Bonchev–Trinajstić information content (AvgIpc) is 2.64. The lowest BCUT2D eigenvalue weighted by molar-refractivity contribution is -0.120. The van der Waals surface area contributed by atoms with Gasteiger partial charge in [-0.2, -0.15) is 5.26 Å². The first-order valence-corrected chi connectivity index (χ1v) is 10.7. The number of carbonyl (C=O) groups is 1. The molecular weight excluding hydrogens is 370 g/mol. The van der Waals surface area contributed by atoms with E-state index in [4.69, 9.17) is 11.6 Å². The molecule has 1 unspecified atom stereocenters. The van der Waals surface area contributed by atoms with Gasteiger partial charge < -0.3 is 0 Å². The van der Waals surface area contributed by atoms with Crippen molar-refractivity contribution < 1.29 is 13.2 Å². The second-order valence-electron chi connectivity index (χ2n) is 6.94. The van der Waals surface area contributed by atoms with Crippen LogP contribution in [0, 0.1) is 17.2 Å². The van der Waals surface area contributed by atoms with Gasteiger partial charge in [-0.1, -0.05) is 42.0 Å². The molecule has 1 saturated carbocycles. The van der Waals surface area contributed by atoms with Crippen molar-refractivity contribution in [2.24, 2.45) is 5.92 Å². The largest absolute Gasteiger partial charge is 0.300 e. The Labute approximate surface area is 159 Å². The van der Waals surface area contributed by atoms with E-state index >= 15 is 0 Å². The van der Waals surface area contributed by atoms with E-state index < -0.39 is 14.6 Å². The maximum atomic E-state index is 13.0. The molecular formula is C20H20ClNO3S. The van der Waals surface area contributed by atoms with Crippen LogP contribution in [0.2, 0.25) is 5.02 Å². The average molecular weight is 390 g/mol. The minimum Gasteiger partial charge on any atom is -0.300 e. The maximum Gasteiger partial charge on any atom is 0.180 e. The van der Waals surface area contributed by atoms with Crippen molar-refractivity contribution in [3.8, 4) is 6.07 Å². The first-order chi connectivity index (χ1) is 12.4. The van der Waals surface area contributed by atoms with Gasteiger partial charge in [0.2, 0.25) is 0 Å². The van der Waals surface area contributed by atoms with E-state index in [2.05, 4.69) is 0 Å². The molecule has 2 aliphatic carbocycles. The van der Waals surface area contributed by atoms with Crippen LogP contribution < -0.4 is 0 Å². The minimum atomic E-state index is -3.66. The Kier molecular flexibility index (Phi) is 5.36. The summed E-state index contributed by atoms with van der Waals surface area (Å²) < 4.78 is 24.4. The Morgan fingerprint density at radius 2 is 1.92 bits per heavy atom. The van der Waals surface area contributed by atoms with E-state index in [0.29, 0.717) is 30.7 Å². The Morgan fingerprint density at radius 3 is 2.50 bits per heavy atom. The van der Waals surface area contributed by atoms with E-state index in [1.54, 1.807) is 18.2 Å². The molecule has 6 heteroatoms. The summed E-state index contributed by atoms with van der Waals surface area (Å²) in [7, 11) is -3.66. The number of nitriles is 1. The maximum absolute atomic E-state index is 13.0. The Balaban J connectivity index is 1.81. The van der Waals surface area contributed by atoms with Crippen LogP contribution in [-0.4, -0.2) is 24.7 Å². The molecule has 0 saturated heterocycles. The molecule has 0 bridgehead atoms. The Hall–Kier alpha value is -1.90. The molecule has 26 heavy (non-hydrogen) atoms. The highest BCUT2D eigenvalue weighted by molar-refractivity contribution is 7.93. The highest BCUT2D eigenvalue weighted by Gasteiger charge is 2.43. The van der Waals surface area contributed by atoms with E-state index in [9.17, 15) is 18.5 Å². The molecule has 1 aromatic rings. The highest BCUT2D eigenvalue weighted by atomic mass is 35.5. The lowest BCUT2D eigenvalue weighted by Crippen LogP contribution is -2.40. The van der Waals surface area contributed by atoms with Crippen LogP contribution in [0.5, 0.6) is 0 Å². The van der Waals surface area contributed by atoms with Gasteiger partial charge in [0.05, 0.1) is 11.8 Å². The number of nitrogens with zero attached hydrogens (tertiary/aromatic N) is 1. The lowest BCUT2D eigenvalue weighted by atomic mass is 9.90. The predicted molar refractivity (Wildman–Crippen MR) is 102 cm³/mol. The standard InChI is InChI=1S/C20H20ClNO3S/c21-19-4-2-1-3-18(19)16-9-11-20(14-22,12-10-16)26(24,25)13-15-5-7-17(23)8-6-15/h1-4,9-11,15H,5-8,12-13H2. The summed E-state index contributed by atoms with van der Waals surface area (Å²) in [6.07, 6.45) is 7.10. The first-order valence-electron chi connectivity index (χ1n) is 8.66. The number of sulfone groups is 1. The number of hydrogen-bond acceptors (Lipinski definition) is 4. The molecule has 1 fully saturated rings. The number of hydrogen-bond donors (Lipinski definition) is 0. The van der Waals surface area contributed by atoms with Crippen LogP contribution in [0.25, 0.3) is 5.57 Å². The van der Waals surface area contributed by atoms with Gasteiger partial charge in [0.25, 0.3) is 0 Å². The second-order valence-corrected chi connectivity index (χ2v) is 9.64. The molecule has 0 radical (unpaired) electrons. The van der Waals surface area contributed by atoms with Crippen LogP contribution in [-0.2, 0) is 14.6 Å². The molecule has 2 aliphatic rings. The molecule has 0 heterocycles. The van der Waals surface area contributed by atoms with Crippen molar-refractivity contribution in [2.75, 3.05) is 5.75 Å². The molecule has 0 N–H and O–H groups in total. The molecule has 136 valence electrons. The molecule has 4 nitrogen and oxygen atoms in total. The van der Waals surface area contributed by atoms with Gasteiger partial charge in [0.1, 0.15) is 5.78 Å². The van der Waals surface area contributed by atoms with Gasteiger partial charge in [-0.25, -0.2) is 8.42 Å². The number of allylic oxidation sites excluding steroid dienone is 3. The van der Waals surface area contributed by atoms with Crippen LogP contribution in [0.4, 0.5) is 0 Å². The summed E-state index contributed by atoms with van der Waals surface area (Å²) in [5, 5.41) is 10.3. The van der Waals surface area contributed by atoms with Crippen molar-refractivity contribution in [1.29, 1.82) is 5.26 Å². The lowest BCUT2D eigenvalue weighted by Gasteiger charge is -2.29. The zero-order valence-corrected chi connectivity index (χ0v) is 15.9. The fourth-order valence-electron chi connectivity index (χ4n) is 3.53. The Morgan fingerprint density at radius 1 is 1.23 bits per heavy atom. The van der Waals surface area contributed by atoms with Gasteiger partial charge in [-0.3, -0.25) is 4.79 Å². The van der Waals surface area contributed by atoms with Crippen LogP contribution in [0.3, 0.4) is 0 Å². The van der Waals surface area contributed by atoms with E-state index in [1.807, 2.05) is 24.3 Å². The number of carbonyl (C=O) groups excluding carboxylic acids is 1. The first kappa shape index (κ1) is 18.9. The fraction of sp³-hybridized carbons (Fsp3) is 0.400. The van der Waals surface area contributed by atoms with Crippen molar-refractivity contribution in [1.82, 2.24) is 0 Å². The van der Waals surface area contributed by atoms with E-state index in [1.165, 1.54) is 6.08 Å². The highest BCUT2D eigenvalue weighted by Crippen LogP contribution is 2.36. The minimum absolute atomic E-state index is 0.0482. The smallest absolute Gasteiger partial charge is 0.180 e. The van der Waals surface area contributed by atoms with Crippen molar-refractivity contribution in [2.45, 2.75) is 36.9 Å². The summed E-state index contributed by atoms with van der Waals surface area (Å²) in [6.45, 7) is 0. The second kappa shape index (κ2) is 7.38. The van der Waals surface area contributed by atoms with Gasteiger partial charge in [-0.15, -0.1) is 0 Å². The molecule has 3 rings (SSSR count). The number of halogens is 1. The van der Waals surface area contributed by atoms with E-state index in [-0.39, 0.29) is 23.9 Å². The quantitative estimate of drug-likeness (QED) is 0.776. The summed E-state index contributed by atoms with van der Waals surface area (Å²) in [5.74, 6) is 0.0942. The predicted octanol–water partition coefficient (Wildman–Crippen LogP) is 4.12. The van der Waals surface area contributed by atoms with Crippen LogP contribution in [0.15, 0.2) is 42.5 Å². The number of Topliss-reactive ketones (excluding diaryl/α,β-unsaturated/α-hetero) is 1. The molecule has 1 aromatic carbocycles. The van der Waals surface area contributed by atoms with E-state index in [0.717, 1.165) is 11.1 Å². The van der Waals surface area contributed by atoms with Crippen LogP contribution in [0.1, 0.15) is 37.7 Å². The topological polar surface area (TPSA) is 75.0 Å². The molecule has 0 amide bonds. The summed E-state index contributed by atoms with van der Waals surface area (Å²) in [6, 6.07) is 9.36. The third-order valence-corrected chi connectivity index (χ3v) is 7.95. The van der Waals surface area contributed by atoms with Crippen molar-refractivity contribution >= 4 is 32.8 Å². The van der Waals surface area contributed by atoms with Gasteiger partial charge >= 0.3 is 0 Å². The van der Waals surface area contributed by atoms with Crippen LogP contribution >= 0.6 is 11.6 Å². The Bertz CT molecular complexity index is 917. The normalized spacial score (nSPS) is 24.2. The summed E-state index contributed by atoms with van der Waals surface area (Å²) in [5.41, 5.74) is 1.64. The monoisotopic (exact) mass is 389 g/mol. The number of ketones is 1. The van der Waals surface area contributed by atoms with Crippen molar-refractivity contribution in [3.63, 3.8) is 0 Å². The molecule has 0 aromatic heterocycles. The number of rotatable bonds is 4. The summed E-state index contributed by atoms with van der Waals surface area (Å²) in [4.78, 5) is 11.4. The third-order valence-electron chi connectivity index (χ3n) is 5.20. The number of benzene rings is 1. The third kappa shape index (κ3) is 3.62. The zero-order chi connectivity index (χ0) is 18.8. The van der Waals surface area contributed by atoms with Gasteiger partial charge in [0.15, 0.2) is 14.6 Å². The molecule has 1 atom stereocenters. The van der Waals surface area contributed by atoms with Crippen molar-refractivity contribution in [3.05, 3.63) is 53.1 Å². The van der Waals surface area contributed by atoms with Gasteiger partial charge in [-0.05, 0) is 42.0 Å². The zero-order valence-electron chi connectivity index (χ0n) is 14.3. The summed E-state index contributed by atoms with van der Waals surface area (Å²) >= 11 is 6.21. The fourth-order valence-corrected chi connectivity index (χ4v) is 5.77.